The van der Waals surface area contributed by atoms with Crippen molar-refractivity contribution in [3.63, 3.8) is 0 Å². The van der Waals surface area contributed by atoms with Crippen LogP contribution in [0.1, 0.15) is 41.2 Å². The Kier molecular flexibility index (Phi) is 10.1. The second kappa shape index (κ2) is 14.5. The molecule has 0 radical (unpaired) electrons. The summed E-state index contributed by atoms with van der Waals surface area (Å²) in [4.78, 5) is 24.4. The van der Waals surface area contributed by atoms with E-state index < -0.39 is 11.6 Å². The van der Waals surface area contributed by atoms with Gasteiger partial charge in [-0.3, -0.25) is 4.79 Å². The van der Waals surface area contributed by atoms with Crippen LogP contribution in [0, 0.1) is 0 Å². The Bertz CT molecular complexity index is 1480. The van der Waals surface area contributed by atoms with Crippen molar-refractivity contribution in [3.8, 4) is 5.75 Å². The number of carbonyl (C=O) groups excluding carboxylic acids is 1. The standard InChI is InChI=1S/C33H35N5O5/c34-37-35-24-27-11-4-5-12-29(27)30-33(32(40)38-18-22-41-23-19-38,17-6-10-25-8-2-1-3-9-25)36-31(43-30)26-13-15-28(16-14-26)42-21-7-20-39/h1-6,8-16,30,39H,7,17-24H2/b10-6+/t30-,33-/m1/s1. The van der Waals surface area contributed by atoms with Gasteiger partial charge in [-0.15, -0.1) is 0 Å². The van der Waals surface area contributed by atoms with Crippen LogP contribution < -0.4 is 4.74 Å². The summed E-state index contributed by atoms with van der Waals surface area (Å²) in [5.41, 5.74) is 11.0. The first-order valence-corrected chi connectivity index (χ1v) is 14.4. The molecule has 3 aromatic rings. The van der Waals surface area contributed by atoms with Gasteiger partial charge < -0.3 is 24.2 Å². The Morgan fingerprint density at radius 3 is 2.58 bits per heavy atom. The van der Waals surface area contributed by atoms with Gasteiger partial charge in [-0.25, -0.2) is 4.99 Å². The Labute approximate surface area is 250 Å². The zero-order valence-corrected chi connectivity index (χ0v) is 23.9. The molecule has 2 aliphatic heterocycles. The van der Waals surface area contributed by atoms with E-state index in [0.29, 0.717) is 56.5 Å². The van der Waals surface area contributed by atoms with Gasteiger partial charge in [0.05, 0.1) is 26.4 Å². The highest BCUT2D eigenvalue weighted by Gasteiger charge is 2.54. The largest absolute Gasteiger partial charge is 0.494 e. The summed E-state index contributed by atoms with van der Waals surface area (Å²) >= 11 is 0. The molecule has 10 nitrogen and oxygen atoms in total. The predicted octanol–water partition coefficient (Wildman–Crippen LogP) is 5.48. The number of morpholine rings is 1. The summed E-state index contributed by atoms with van der Waals surface area (Å²) < 4.78 is 17.9. The molecule has 0 aromatic heterocycles. The average molecular weight is 582 g/mol. The third kappa shape index (κ3) is 7.06. The van der Waals surface area contributed by atoms with E-state index in [9.17, 15) is 4.79 Å². The second-order valence-electron chi connectivity index (χ2n) is 10.3. The maximum atomic E-state index is 14.6. The molecule has 0 saturated carbocycles. The molecule has 222 valence electrons. The summed E-state index contributed by atoms with van der Waals surface area (Å²) in [5, 5.41) is 12.9. The molecule has 43 heavy (non-hydrogen) atoms. The summed E-state index contributed by atoms with van der Waals surface area (Å²) in [7, 11) is 0. The highest BCUT2D eigenvalue weighted by Crippen LogP contribution is 2.45. The molecule has 3 aromatic carbocycles. The lowest BCUT2D eigenvalue weighted by molar-refractivity contribution is -0.143. The van der Waals surface area contributed by atoms with E-state index in [-0.39, 0.29) is 25.5 Å². The minimum Gasteiger partial charge on any atom is -0.494 e. The average Bonchev–Trinajstić information content (AvgIpc) is 3.45. The van der Waals surface area contributed by atoms with Gasteiger partial charge in [-0.1, -0.05) is 71.9 Å². The zero-order chi connectivity index (χ0) is 29.9. The van der Waals surface area contributed by atoms with Crippen molar-refractivity contribution in [2.45, 2.75) is 31.0 Å². The lowest BCUT2D eigenvalue weighted by atomic mass is 9.82. The molecular formula is C33H35N5O5. The first-order valence-electron chi connectivity index (χ1n) is 14.4. The summed E-state index contributed by atoms with van der Waals surface area (Å²) in [6.07, 6.45) is 4.01. The number of aliphatic hydroxyl groups excluding tert-OH is 1. The Balaban J connectivity index is 1.59. The predicted molar refractivity (Wildman–Crippen MR) is 164 cm³/mol. The van der Waals surface area contributed by atoms with Crippen molar-refractivity contribution in [1.82, 2.24) is 4.90 Å². The quantitative estimate of drug-likeness (QED) is 0.131. The van der Waals surface area contributed by atoms with Crippen LogP contribution in [0.15, 0.2) is 95.0 Å². The fourth-order valence-electron chi connectivity index (χ4n) is 5.30. The lowest BCUT2D eigenvalue weighted by Crippen LogP contribution is -2.53. The number of hydrogen-bond donors (Lipinski definition) is 1. The lowest BCUT2D eigenvalue weighted by Gasteiger charge is -2.37. The van der Waals surface area contributed by atoms with Crippen molar-refractivity contribution >= 4 is 17.9 Å². The maximum absolute atomic E-state index is 14.6. The molecule has 1 N–H and O–H groups in total. The van der Waals surface area contributed by atoms with Crippen LogP contribution in [0.4, 0.5) is 0 Å². The Morgan fingerprint density at radius 2 is 1.84 bits per heavy atom. The number of aliphatic imine (C=N–C) groups is 1. The molecule has 2 heterocycles. The molecule has 2 atom stereocenters. The number of rotatable bonds is 12. The molecule has 0 spiro atoms. The van der Waals surface area contributed by atoms with Crippen LogP contribution in [0.5, 0.6) is 5.75 Å². The Hall–Kier alpha value is -4.63. The minimum atomic E-state index is -1.32. The molecule has 0 bridgehead atoms. The Morgan fingerprint density at radius 1 is 1.09 bits per heavy atom. The fraction of sp³-hybridized carbons (Fsp3) is 0.333. The number of benzene rings is 3. The zero-order valence-electron chi connectivity index (χ0n) is 23.9. The van der Waals surface area contributed by atoms with Gasteiger partial charge in [0.15, 0.2) is 11.6 Å². The van der Waals surface area contributed by atoms with Crippen molar-refractivity contribution in [2.24, 2.45) is 10.1 Å². The van der Waals surface area contributed by atoms with Gasteiger partial charge in [0, 0.05) is 43.0 Å². The number of nitrogens with zero attached hydrogens (tertiary/aromatic N) is 5. The van der Waals surface area contributed by atoms with Gasteiger partial charge >= 0.3 is 0 Å². The maximum Gasteiger partial charge on any atom is 0.255 e. The van der Waals surface area contributed by atoms with E-state index in [1.54, 1.807) is 4.90 Å². The highest BCUT2D eigenvalue weighted by molar-refractivity contribution is 6.01. The topological polar surface area (TPSA) is 129 Å². The van der Waals surface area contributed by atoms with Crippen LogP contribution in [-0.2, 0) is 20.8 Å². The number of azide groups is 1. The third-order valence-corrected chi connectivity index (χ3v) is 7.49. The molecule has 5 rings (SSSR count). The number of aliphatic hydroxyl groups is 1. The van der Waals surface area contributed by atoms with Crippen LogP contribution in [-0.4, -0.2) is 66.9 Å². The molecule has 1 fully saturated rings. The second-order valence-corrected chi connectivity index (χ2v) is 10.3. The number of ether oxygens (including phenoxy) is 3. The molecule has 1 saturated heterocycles. The molecule has 1 amide bonds. The summed E-state index contributed by atoms with van der Waals surface area (Å²) in [6, 6.07) is 24.8. The van der Waals surface area contributed by atoms with Crippen molar-refractivity contribution in [2.75, 3.05) is 39.5 Å². The van der Waals surface area contributed by atoms with Crippen molar-refractivity contribution in [1.29, 1.82) is 0 Å². The highest BCUT2D eigenvalue weighted by atomic mass is 16.5. The van der Waals surface area contributed by atoms with Crippen molar-refractivity contribution in [3.05, 3.63) is 118 Å². The number of amides is 1. The fourth-order valence-corrected chi connectivity index (χ4v) is 5.30. The van der Waals surface area contributed by atoms with E-state index in [4.69, 9.17) is 29.8 Å². The molecule has 0 unspecified atom stereocenters. The van der Waals surface area contributed by atoms with E-state index in [2.05, 4.69) is 10.0 Å². The normalized spacial score (nSPS) is 19.9. The van der Waals surface area contributed by atoms with E-state index in [0.717, 1.165) is 16.7 Å². The van der Waals surface area contributed by atoms with Gasteiger partial charge in [0.1, 0.15) is 5.75 Å². The van der Waals surface area contributed by atoms with Gasteiger partial charge in [0.2, 0.25) is 5.90 Å². The van der Waals surface area contributed by atoms with Crippen LogP contribution in [0.3, 0.4) is 0 Å². The first kappa shape index (κ1) is 29.8. The van der Waals surface area contributed by atoms with Crippen molar-refractivity contribution < 1.29 is 24.1 Å². The first-order chi connectivity index (χ1) is 21.1. The summed E-state index contributed by atoms with van der Waals surface area (Å²) in [6.45, 7) is 2.40. The third-order valence-electron chi connectivity index (χ3n) is 7.49. The van der Waals surface area contributed by atoms with E-state index >= 15 is 0 Å². The minimum absolute atomic E-state index is 0.0588. The van der Waals surface area contributed by atoms with E-state index in [1.165, 1.54) is 0 Å². The monoisotopic (exact) mass is 581 g/mol. The van der Waals surface area contributed by atoms with Crippen LogP contribution in [0.2, 0.25) is 0 Å². The molecule has 0 aliphatic carbocycles. The smallest absolute Gasteiger partial charge is 0.255 e. The molecular weight excluding hydrogens is 546 g/mol. The van der Waals surface area contributed by atoms with Crippen LogP contribution >= 0.6 is 0 Å². The van der Waals surface area contributed by atoms with Gasteiger partial charge in [-0.05, 0) is 46.5 Å². The number of carbonyl (C=O) groups is 1. The summed E-state index contributed by atoms with van der Waals surface area (Å²) in [5.74, 6) is 0.866. The van der Waals surface area contributed by atoms with Crippen LogP contribution in [0.25, 0.3) is 16.5 Å². The van der Waals surface area contributed by atoms with Gasteiger partial charge in [-0.2, -0.15) is 0 Å². The van der Waals surface area contributed by atoms with E-state index in [1.807, 2.05) is 91.0 Å². The van der Waals surface area contributed by atoms with Gasteiger partial charge in [0.25, 0.3) is 5.91 Å². The SMILES string of the molecule is [N-]=[N+]=NCc1ccccc1[C@H]1OC(c2ccc(OCCCO)cc2)=N[C@@]1(C/C=C/c1ccccc1)C(=O)N1CCOCC1. The molecule has 2 aliphatic rings. The molecule has 10 heteroatoms. The number of hydrogen-bond acceptors (Lipinski definition) is 7.